The third-order valence-corrected chi connectivity index (χ3v) is 5.83. The van der Waals surface area contributed by atoms with E-state index < -0.39 is 0 Å². The number of nitrogens with zero attached hydrogens (tertiary/aromatic N) is 4. The molecule has 2 amide bonds. The summed E-state index contributed by atoms with van der Waals surface area (Å²) in [6, 6.07) is 16.9. The number of aromatic nitrogens is 2. The Balaban J connectivity index is 1.33. The molecule has 3 aromatic rings. The summed E-state index contributed by atoms with van der Waals surface area (Å²) in [5, 5.41) is 4.49. The lowest BCUT2D eigenvalue weighted by molar-refractivity contribution is 0.0535. The number of benzene rings is 2. The van der Waals surface area contributed by atoms with Crippen molar-refractivity contribution in [2.24, 2.45) is 0 Å². The van der Waals surface area contributed by atoms with Gasteiger partial charge in [0.1, 0.15) is 5.75 Å². The highest BCUT2D eigenvalue weighted by Gasteiger charge is 2.25. The van der Waals surface area contributed by atoms with E-state index in [1.165, 1.54) is 0 Å². The van der Waals surface area contributed by atoms with Crippen LogP contribution >= 0.6 is 0 Å². The topological polar surface area (TPSA) is 67.7 Å². The summed E-state index contributed by atoms with van der Waals surface area (Å²) in [5.41, 5.74) is 4.51. The molecule has 2 heterocycles. The van der Waals surface area contributed by atoms with Gasteiger partial charge in [-0.2, -0.15) is 5.10 Å². The van der Waals surface area contributed by atoms with Crippen LogP contribution in [-0.2, 0) is 6.54 Å². The maximum Gasteiger partial charge on any atom is 0.253 e. The van der Waals surface area contributed by atoms with Gasteiger partial charge >= 0.3 is 0 Å². The predicted molar refractivity (Wildman–Crippen MR) is 122 cm³/mol. The number of rotatable bonds is 5. The molecule has 1 aliphatic heterocycles. The first-order valence-electron chi connectivity index (χ1n) is 10.8. The van der Waals surface area contributed by atoms with Crippen LogP contribution < -0.4 is 4.74 Å². The zero-order valence-electron chi connectivity index (χ0n) is 18.7. The summed E-state index contributed by atoms with van der Waals surface area (Å²) in [5.74, 6) is 0.699. The van der Waals surface area contributed by atoms with Crippen molar-refractivity contribution in [3.8, 4) is 5.75 Å². The Morgan fingerprint density at radius 2 is 1.34 bits per heavy atom. The molecule has 0 radical (unpaired) electrons. The lowest BCUT2D eigenvalue weighted by Gasteiger charge is -2.35. The predicted octanol–water partition coefficient (Wildman–Crippen LogP) is 3.16. The van der Waals surface area contributed by atoms with Crippen molar-refractivity contribution in [3.63, 3.8) is 0 Å². The molecule has 7 heteroatoms. The van der Waals surface area contributed by atoms with Gasteiger partial charge in [0.25, 0.3) is 11.8 Å². The normalized spacial score (nSPS) is 13.8. The maximum atomic E-state index is 12.9. The Bertz CT molecular complexity index is 1100. The third-order valence-electron chi connectivity index (χ3n) is 5.83. The SMILES string of the molecule is COc1ccc(C(=O)N2CCN(C(=O)c3ccc(Cn4nc(C)cc4C)cc3)CC2)cc1. The molecule has 1 aliphatic rings. The Morgan fingerprint density at radius 1 is 0.844 bits per heavy atom. The van der Waals surface area contributed by atoms with Gasteiger partial charge in [-0.15, -0.1) is 0 Å². The largest absolute Gasteiger partial charge is 0.497 e. The first kappa shape index (κ1) is 21.6. The molecule has 4 rings (SSSR count). The van der Waals surface area contributed by atoms with Gasteiger partial charge in [0.05, 0.1) is 19.3 Å². The van der Waals surface area contributed by atoms with Crippen molar-refractivity contribution in [1.29, 1.82) is 0 Å². The second-order valence-corrected chi connectivity index (χ2v) is 8.09. The molecule has 2 aromatic carbocycles. The van der Waals surface area contributed by atoms with Crippen molar-refractivity contribution < 1.29 is 14.3 Å². The van der Waals surface area contributed by atoms with Gasteiger partial charge in [-0.1, -0.05) is 12.1 Å². The zero-order chi connectivity index (χ0) is 22.7. The quantitative estimate of drug-likeness (QED) is 0.621. The molecule has 0 N–H and O–H groups in total. The highest BCUT2D eigenvalue weighted by molar-refractivity contribution is 5.96. The van der Waals surface area contributed by atoms with Gasteiger partial charge in [-0.3, -0.25) is 14.3 Å². The molecule has 1 saturated heterocycles. The van der Waals surface area contributed by atoms with E-state index in [1.54, 1.807) is 36.3 Å². The number of ether oxygens (including phenoxy) is 1. The molecule has 7 nitrogen and oxygen atoms in total. The first-order chi connectivity index (χ1) is 15.4. The van der Waals surface area contributed by atoms with Crippen LogP contribution in [0.1, 0.15) is 37.7 Å². The van der Waals surface area contributed by atoms with Crippen LogP contribution in [0.3, 0.4) is 0 Å². The number of aryl methyl sites for hydroxylation is 2. The molecule has 1 fully saturated rings. The Kier molecular flexibility index (Phi) is 6.25. The minimum atomic E-state index is -0.0201. The van der Waals surface area contributed by atoms with Crippen LogP contribution in [0.4, 0.5) is 0 Å². The number of piperazine rings is 1. The third kappa shape index (κ3) is 4.66. The second-order valence-electron chi connectivity index (χ2n) is 8.09. The minimum absolute atomic E-state index is 0.000731. The van der Waals surface area contributed by atoms with E-state index in [0.717, 1.165) is 22.7 Å². The Labute approximate surface area is 188 Å². The van der Waals surface area contributed by atoms with Gasteiger partial charge in [0, 0.05) is 43.0 Å². The van der Waals surface area contributed by atoms with Gasteiger partial charge in [0.2, 0.25) is 0 Å². The maximum absolute atomic E-state index is 12.9. The van der Waals surface area contributed by atoms with Crippen molar-refractivity contribution in [3.05, 3.63) is 82.7 Å². The first-order valence-corrected chi connectivity index (χ1v) is 10.8. The van der Waals surface area contributed by atoms with Crippen LogP contribution in [-0.4, -0.2) is 64.7 Å². The minimum Gasteiger partial charge on any atom is -0.497 e. The van der Waals surface area contributed by atoms with E-state index in [0.29, 0.717) is 43.9 Å². The van der Waals surface area contributed by atoms with E-state index in [4.69, 9.17) is 4.74 Å². The molecule has 0 atom stereocenters. The Morgan fingerprint density at radius 3 is 1.78 bits per heavy atom. The van der Waals surface area contributed by atoms with E-state index in [-0.39, 0.29) is 11.8 Å². The molecule has 32 heavy (non-hydrogen) atoms. The van der Waals surface area contributed by atoms with Crippen LogP contribution in [0.5, 0.6) is 5.75 Å². The fourth-order valence-corrected chi connectivity index (χ4v) is 3.97. The summed E-state index contributed by atoms with van der Waals surface area (Å²) >= 11 is 0. The van der Waals surface area contributed by atoms with E-state index in [1.807, 2.05) is 47.7 Å². The molecule has 0 saturated carbocycles. The number of carbonyl (C=O) groups is 2. The van der Waals surface area contributed by atoms with Crippen molar-refractivity contribution in [2.45, 2.75) is 20.4 Å². The van der Waals surface area contributed by atoms with Gasteiger partial charge in [-0.25, -0.2) is 0 Å². The fourth-order valence-electron chi connectivity index (χ4n) is 3.97. The van der Waals surface area contributed by atoms with Gasteiger partial charge in [0.15, 0.2) is 0 Å². The average Bonchev–Trinajstić information content (AvgIpc) is 3.15. The average molecular weight is 433 g/mol. The zero-order valence-corrected chi connectivity index (χ0v) is 18.7. The summed E-state index contributed by atoms with van der Waals surface area (Å²) < 4.78 is 7.11. The molecule has 0 unspecified atom stereocenters. The Hall–Kier alpha value is -3.61. The fraction of sp³-hybridized carbons (Fsp3) is 0.320. The lowest BCUT2D eigenvalue weighted by atomic mass is 10.1. The second kappa shape index (κ2) is 9.26. The number of hydrogen-bond donors (Lipinski definition) is 0. The van der Waals surface area contributed by atoms with E-state index >= 15 is 0 Å². The van der Waals surface area contributed by atoms with E-state index in [2.05, 4.69) is 11.2 Å². The highest BCUT2D eigenvalue weighted by Crippen LogP contribution is 2.16. The van der Waals surface area contributed by atoms with Crippen molar-refractivity contribution in [1.82, 2.24) is 19.6 Å². The monoisotopic (exact) mass is 432 g/mol. The van der Waals surface area contributed by atoms with Crippen LogP contribution in [0.25, 0.3) is 0 Å². The number of hydrogen-bond acceptors (Lipinski definition) is 4. The number of carbonyl (C=O) groups excluding carboxylic acids is 2. The highest BCUT2D eigenvalue weighted by atomic mass is 16.5. The van der Waals surface area contributed by atoms with Crippen LogP contribution in [0, 0.1) is 13.8 Å². The molecule has 0 aliphatic carbocycles. The standard InChI is InChI=1S/C25H28N4O3/c1-18-16-19(2)29(26-18)17-20-4-6-21(7-5-20)24(30)27-12-14-28(15-13-27)25(31)22-8-10-23(32-3)11-9-22/h4-11,16H,12-15,17H2,1-3H3. The summed E-state index contributed by atoms with van der Waals surface area (Å²) in [4.78, 5) is 29.3. The summed E-state index contributed by atoms with van der Waals surface area (Å²) in [6.45, 7) is 6.79. The van der Waals surface area contributed by atoms with Gasteiger partial charge < -0.3 is 14.5 Å². The molecule has 166 valence electrons. The van der Waals surface area contributed by atoms with Gasteiger partial charge in [-0.05, 0) is 61.9 Å². The van der Waals surface area contributed by atoms with Crippen LogP contribution in [0.2, 0.25) is 0 Å². The molecular weight excluding hydrogens is 404 g/mol. The smallest absolute Gasteiger partial charge is 0.253 e. The summed E-state index contributed by atoms with van der Waals surface area (Å²) in [6.07, 6.45) is 0. The summed E-state index contributed by atoms with van der Waals surface area (Å²) in [7, 11) is 1.60. The lowest BCUT2D eigenvalue weighted by Crippen LogP contribution is -2.50. The van der Waals surface area contributed by atoms with Crippen molar-refractivity contribution in [2.75, 3.05) is 33.3 Å². The van der Waals surface area contributed by atoms with Crippen molar-refractivity contribution >= 4 is 11.8 Å². The molecular formula is C25H28N4O3. The van der Waals surface area contributed by atoms with Crippen LogP contribution in [0.15, 0.2) is 54.6 Å². The van der Waals surface area contributed by atoms with E-state index in [9.17, 15) is 9.59 Å². The number of amides is 2. The number of methoxy groups -OCH3 is 1. The molecule has 1 aromatic heterocycles. The molecule has 0 spiro atoms. The molecule has 0 bridgehead atoms.